The minimum atomic E-state index is -0.295. The van der Waals surface area contributed by atoms with E-state index in [4.69, 9.17) is 11.6 Å². The van der Waals surface area contributed by atoms with E-state index in [1.807, 2.05) is 18.2 Å². The summed E-state index contributed by atoms with van der Waals surface area (Å²) in [6.45, 7) is 0.362. The molecule has 1 N–H and O–H groups in total. The molecule has 2 aromatic carbocycles. The van der Waals surface area contributed by atoms with Crippen molar-refractivity contribution < 1.29 is 9.18 Å². The number of carbonyl (C=O) groups is 1. The van der Waals surface area contributed by atoms with Gasteiger partial charge in [0.2, 0.25) is 5.91 Å². The summed E-state index contributed by atoms with van der Waals surface area (Å²) in [5.41, 5.74) is 1.62. The molecule has 1 amide bonds. The SMILES string of the molecule is O=C(CSc1nc(-c2ccccc2Cl)ns1)NCc1ccc(F)cc1. The smallest absolute Gasteiger partial charge is 0.230 e. The second-order valence-corrected chi connectivity index (χ2v) is 7.44. The zero-order valence-corrected chi connectivity index (χ0v) is 15.3. The van der Waals surface area contributed by atoms with E-state index < -0.39 is 0 Å². The predicted octanol–water partition coefficient (Wildman–Crippen LogP) is 4.41. The molecule has 1 aromatic heterocycles. The first-order valence-electron chi connectivity index (χ1n) is 7.34. The molecule has 1 heterocycles. The van der Waals surface area contributed by atoms with Gasteiger partial charge in [0.05, 0.1) is 10.8 Å². The summed E-state index contributed by atoms with van der Waals surface area (Å²) < 4.78 is 17.8. The average molecular weight is 394 g/mol. The molecule has 0 unspecified atom stereocenters. The highest BCUT2D eigenvalue weighted by Crippen LogP contribution is 2.29. The largest absolute Gasteiger partial charge is 0.351 e. The summed E-state index contributed by atoms with van der Waals surface area (Å²) in [5.74, 6) is 0.378. The fourth-order valence-electron chi connectivity index (χ4n) is 2.00. The molecule has 0 saturated carbocycles. The molecule has 25 heavy (non-hydrogen) atoms. The Kier molecular flexibility index (Phi) is 6.01. The molecule has 0 aliphatic heterocycles. The second kappa shape index (κ2) is 8.42. The fraction of sp³-hybridized carbons (Fsp3) is 0.118. The third kappa shape index (κ3) is 5.01. The van der Waals surface area contributed by atoms with Crippen LogP contribution in [-0.4, -0.2) is 21.0 Å². The lowest BCUT2D eigenvalue weighted by atomic mass is 10.2. The third-order valence-corrected chi connectivity index (χ3v) is 5.42. The maximum absolute atomic E-state index is 12.8. The minimum absolute atomic E-state index is 0.121. The van der Waals surface area contributed by atoms with Gasteiger partial charge >= 0.3 is 0 Å². The lowest BCUT2D eigenvalue weighted by Crippen LogP contribution is -2.24. The fourth-order valence-corrected chi connectivity index (χ4v) is 3.66. The van der Waals surface area contributed by atoms with Gasteiger partial charge in [0.1, 0.15) is 5.82 Å². The van der Waals surface area contributed by atoms with Crippen molar-refractivity contribution in [3.63, 3.8) is 0 Å². The summed E-state index contributed by atoms with van der Waals surface area (Å²) in [5, 5.41) is 3.38. The number of hydrogen-bond donors (Lipinski definition) is 1. The molecule has 3 aromatic rings. The zero-order chi connectivity index (χ0) is 17.6. The summed E-state index contributed by atoms with van der Waals surface area (Å²) in [4.78, 5) is 16.3. The number of benzene rings is 2. The van der Waals surface area contributed by atoms with Gasteiger partial charge in [-0.2, -0.15) is 4.37 Å². The van der Waals surface area contributed by atoms with E-state index in [0.717, 1.165) is 11.1 Å². The van der Waals surface area contributed by atoms with Gasteiger partial charge in [-0.05, 0) is 41.4 Å². The van der Waals surface area contributed by atoms with Gasteiger partial charge in [-0.15, -0.1) is 0 Å². The van der Waals surface area contributed by atoms with Crippen LogP contribution < -0.4 is 5.32 Å². The van der Waals surface area contributed by atoms with Crippen LogP contribution in [0, 0.1) is 5.82 Å². The monoisotopic (exact) mass is 393 g/mol. The number of halogens is 2. The topological polar surface area (TPSA) is 54.9 Å². The van der Waals surface area contributed by atoms with Crippen LogP contribution >= 0.6 is 34.9 Å². The van der Waals surface area contributed by atoms with Crippen molar-refractivity contribution in [3.8, 4) is 11.4 Å². The Morgan fingerprint density at radius 2 is 1.96 bits per heavy atom. The lowest BCUT2D eigenvalue weighted by Gasteiger charge is -2.04. The van der Waals surface area contributed by atoms with Crippen LogP contribution in [0.4, 0.5) is 4.39 Å². The summed E-state index contributed by atoms with van der Waals surface area (Å²) in [6, 6.07) is 13.4. The second-order valence-electron chi connectivity index (χ2n) is 5.06. The molecule has 0 atom stereocenters. The van der Waals surface area contributed by atoms with Gasteiger partial charge in [0.15, 0.2) is 10.2 Å². The van der Waals surface area contributed by atoms with Gasteiger partial charge in [-0.1, -0.05) is 47.6 Å². The Labute approximate surface area is 157 Å². The predicted molar refractivity (Wildman–Crippen MR) is 99.3 cm³/mol. The number of hydrogen-bond acceptors (Lipinski definition) is 5. The average Bonchev–Trinajstić information content (AvgIpc) is 3.08. The normalized spacial score (nSPS) is 10.6. The summed E-state index contributed by atoms with van der Waals surface area (Å²) >= 11 is 8.68. The summed E-state index contributed by atoms with van der Waals surface area (Å²) in [7, 11) is 0. The van der Waals surface area contributed by atoms with Gasteiger partial charge in [-0.3, -0.25) is 4.79 Å². The standard InChI is InChI=1S/C17H13ClFN3OS2/c18-14-4-2-1-3-13(14)16-21-17(25-22-16)24-10-15(23)20-9-11-5-7-12(19)8-6-11/h1-8H,9-10H2,(H,20,23). The molecule has 3 rings (SSSR count). The van der Waals surface area contributed by atoms with Crippen molar-refractivity contribution in [2.75, 3.05) is 5.75 Å². The first-order valence-corrected chi connectivity index (χ1v) is 9.48. The molecular formula is C17H13ClFN3OS2. The highest BCUT2D eigenvalue weighted by Gasteiger charge is 2.11. The number of carbonyl (C=O) groups excluding carboxylic acids is 1. The number of amides is 1. The molecule has 0 radical (unpaired) electrons. The maximum Gasteiger partial charge on any atom is 0.230 e. The van der Waals surface area contributed by atoms with Crippen LogP contribution in [0.15, 0.2) is 52.9 Å². The zero-order valence-electron chi connectivity index (χ0n) is 12.9. The van der Waals surface area contributed by atoms with Gasteiger partial charge in [0.25, 0.3) is 0 Å². The molecule has 0 spiro atoms. The first-order chi connectivity index (χ1) is 12.1. The van der Waals surface area contributed by atoms with E-state index in [0.29, 0.717) is 21.7 Å². The number of nitrogens with zero attached hydrogens (tertiary/aromatic N) is 2. The van der Waals surface area contributed by atoms with Crippen molar-refractivity contribution in [1.82, 2.24) is 14.7 Å². The van der Waals surface area contributed by atoms with Crippen molar-refractivity contribution in [2.45, 2.75) is 10.9 Å². The Bertz CT molecular complexity index is 870. The Balaban J connectivity index is 1.51. The van der Waals surface area contributed by atoms with Crippen molar-refractivity contribution in [3.05, 3.63) is 64.9 Å². The van der Waals surface area contributed by atoms with Crippen molar-refractivity contribution in [1.29, 1.82) is 0 Å². The Morgan fingerprint density at radius 3 is 2.72 bits per heavy atom. The van der Waals surface area contributed by atoms with Crippen LogP contribution in [0.2, 0.25) is 5.02 Å². The van der Waals surface area contributed by atoms with Crippen LogP contribution in [0.1, 0.15) is 5.56 Å². The van der Waals surface area contributed by atoms with E-state index in [1.165, 1.54) is 35.4 Å². The molecule has 0 bridgehead atoms. The van der Waals surface area contributed by atoms with Crippen molar-refractivity contribution in [2.24, 2.45) is 0 Å². The van der Waals surface area contributed by atoms with E-state index in [9.17, 15) is 9.18 Å². The minimum Gasteiger partial charge on any atom is -0.351 e. The van der Waals surface area contributed by atoms with Crippen LogP contribution in [-0.2, 0) is 11.3 Å². The maximum atomic E-state index is 12.8. The molecule has 0 fully saturated rings. The molecule has 0 saturated heterocycles. The molecule has 4 nitrogen and oxygen atoms in total. The number of thioether (sulfide) groups is 1. The quantitative estimate of drug-likeness (QED) is 0.630. The molecule has 0 aliphatic rings. The van der Waals surface area contributed by atoms with Gasteiger partial charge in [-0.25, -0.2) is 9.37 Å². The van der Waals surface area contributed by atoms with E-state index in [-0.39, 0.29) is 17.5 Å². The Hall–Kier alpha value is -1.96. The highest BCUT2D eigenvalue weighted by molar-refractivity contribution is 8.01. The number of nitrogens with one attached hydrogen (secondary N) is 1. The number of aromatic nitrogens is 2. The summed E-state index contributed by atoms with van der Waals surface area (Å²) in [6.07, 6.45) is 0. The van der Waals surface area contributed by atoms with Crippen LogP contribution in [0.5, 0.6) is 0 Å². The first kappa shape index (κ1) is 17.8. The van der Waals surface area contributed by atoms with Gasteiger partial charge < -0.3 is 5.32 Å². The molecule has 8 heteroatoms. The van der Waals surface area contributed by atoms with E-state index in [1.54, 1.807) is 18.2 Å². The molecular weight excluding hydrogens is 381 g/mol. The molecule has 128 valence electrons. The van der Waals surface area contributed by atoms with E-state index >= 15 is 0 Å². The lowest BCUT2D eigenvalue weighted by molar-refractivity contribution is -0.118. The third-order valence-electron chi connectivity index (χ3n) is 3.25. The highest BCUT2D eigenvalue weighted by atomic mass is 35.5. The van der Waals surface area contributed by atoms with Crippen LogP contribution in [0.3, 0.4) is 0 Å². The van der Waals surface area contributed by atoms with Crippen molar-refractivity contribution >= 4 is 40.8 Å². The van der Waals surface area contributed by atoms with E-state index in [2.05, 4.69) is 14.7 Å². The Morgan fingerprint density at radius 1 is 1.20 bits per heavy atom. The number of rotatable bonds is 6. The van der Waals surface area contributed by atoms with Crippen LogP contribution in [0.25, 0.3) is 11.4 Å². The van der Waals surface area contributed by atoms with Gasteiger partial charge in [0, 0.05) is 12.1 Å². The molecule has 0 aliphatic carbocycles.